The number of nitrogens with one attached hydrogen (secondary N) is 2. The number of H-pyrrole nitrogens is 1. The highest BCUT2D eigenvalue weighted by atomic mass is 32.2. The van der Waals surface area contributed by atoms with Crippen LogP contribution < -0.4 is 5.32 Å². The predicted molar refractivity (Wildman–Crippen MR) is 68.6 cm³/mol. The molecule has 0 aliphatic carbocycles. The van der Waals surface area contributed by atoms with E-state index in [2.05, 4.69) is 30.0 Å². The van der Waals surface area contributed by atoms with E-state index < -0.39 is 0 Å². The molecule has 0 aliphatic heterocycles. The summed E-state index contributed by atoms with van der Waals surface area (Å²) in [5, 5.41) is 3.65. The number of rotatable bonds is 5. The van der Waals surface area contributed by atoms with Gasteiger partial charge in [0.05, 0.1) is 19.9 Å². The lowest BCUT2D eigenvalue weighted by molar-refractivity contribution is -0.140. The van der Waals surface area contributed by atoms with Gasteiger partial charge in [0.2, 0.25) is 5.95 Å². The number of aromatic nitrogens is 4. The SMILES string of the molecule is CNc1nc(SCCC(=O)OC)c2[nH]cnc2n1. The number of nitrogens with zero attached hydrogens (tertiary/aromatic N) is 3. The van der Waals surface area contributed by atoms with Crippen LogP contribution in [0.5, 0.6) is 0 Å². The third kappa shape index (κ3) is 2.70. The van der Waals surface area contributed by atoms with E-state index >= 15 is 0 Å². The number of hydrogen-bond donors (Lipinski definition) is 2. The van der Waals surface area contributed by atoms with E-state index in [-0.39, 0.29) is 5.97 Å². The largest absolute Gasteiger partial charge is 0.469 e. The Morgan fingerprint density at radius 1 is 1.56 bits per heavy atom. The number of ether oxygens (including phenoxy) is 1. The Morgan fingerprint density at radius 2 is 2.39 bits per heavy atom. The molecule has 0 saturated carbocycles. The minimum atomic E-state index is -0.230. The van der Waals surface area contributed by atoms with Gasteiger partial charge in [-0.1, -0.05) is 0 Å². The summed E-state index contributed by atoms with van der Waals surface area (Å²) in [4.78, 5) is 26.7. The number of thioether (sulfide) groups is 1. The molecule has 0 unspecified atom stereocenters. The highest BCUT2D eigenvalue weighted by molar-refractivity contribution is 7.99. The van der Waals surface area contributed by atoms with Gasteiger partial charge in [-0.05, 0) is 0 Å². The molecular weight excluding hydrogens is 254 g/mol. The van der Waals surface area contributed by atoms with E-state index in [0.717, 1.165) is 10.5 Å². The van der Waals surface area contributed by atoms with Crippen molar-refractivity contribution in [1.29, 1.82) is 0 Å². The van der Waals surface area contributed by atoms with Gasteiger partial charge in [-0.15, -0.1) is 11.8 Å². The number of anilines is 1. The van der Waals surface area contributed by atoms with Crippen molar-refractivity contribution in [2.45, 2.75) is 11.4 Å². The summed E-state index contributed by atoms with van der Waals surface area (Å²) in [5.74, 6) is 0.877. The fourth-order valence-corrected chi connectivity index (χ4v) is 2.26. The van der Waals surface area contributed by atoms with Crippen LogP contribution in [0.15, 0.2) is 11.4 Å². The normalized spacial score (nSPS) is 10.6. The van der Waals surface area contributed by atoms with Gasteiger partial charge in [0.1, 0.15) is 10.5 Å². The molecule has 0 saturated heterocycles. The quantitative estimate of drug-likeness (QED) is 0.475. The maximum atomic E-state index is 11.0. The second-order valence-corrected chi connectivity index (χ2v) is 4.46. The zero-order valence-electron chi connectivity index (χ0n) is 10.1. The number of esters is 1. The van der Waals surface area contributed by atoms with Crippen LogP contribution in [-0.2, 0) is 9.53 Å². The molecule has 2 aromatic heterocycles. The lowest BCUT2D eigenvalue weighted by Crippen LogP contribution is -2.02. The molecule has 2 rings (SSSR count). The van der Waals surface area contributed by atoms with Crippen molar-refractivity contribution in [2.24, 2.45) is 0 Å². The van der Waals surface area contributed by atoms with Crippen molar-refractivity contribution < 1.29 is 9.53 Å². The Hall–Kier alpha value is -1.83. The molecule has 0 atom stereocenters. The number of aromatic amines is 1. The zero-order chi connectivity index (χ0) is 13.0. The molecule has 0 aromatic carbocycles. The maximum absolute atomic E-state index is 11.0. The molecule has 0 bridgehead atoms. The van der Waals surface area contributed by atoms with Gasteiger partial charge >= 0.3 is 5.97 Å². The lowest BCUT2D eigenvalue weighted by atomic mass is 10.5. The van der Waals surface area contributed by atoms with Gasteiger partial charge in [-0.2, -0.15) is 4.98 Å². The highest BCUT2D eigenvalue weighted by Crippen LogP contribution is 2.24. The first-order valence-corrected chi connectivity index (χ1v) is 6.31. The fourth-order valence-electron chi connectivity index (χ4n) is 1.36. The van der Waals surface area contributed by atoms with Crippen LogP contribution in [0.1, 0.15) is 6.42 Å². The van der Waals surface area contributed by atoms with Crippen molar-refractivity contribution in [1.82, 2.24) is 19.9 Å². The van der Waals surface area contributed by atoms with Crippen LogP contribution in [0.25, 0.3) is 11.2 Å². The van der Waals surface area contributed by atoms with Gasteiger partial charge in [-0.3, -0.25) is 4.79 Å². The molecule has 8 heteroatoms. The van der Waals surface area contributed by atoms with Crippen LogP contribution in [0.2, 0.25) is 0 Å². The highest BCUT2D eigenvalue weighted by Gasteiger charge is 2.10. The minimum absolute atomic E-state index is 0.230. The number of hydrogen-bond acceptors (Lipinski definition) is 7. The molecule has 2 N–H and O–H groups in total. The molecule has 2 heterocycles. The summed E-state index contributed by atoms with van der Waals surface area (Å²) >= 11 is 1.46. The fraction of sp³-hybridized carbons (Fsp3) is 0.400. The maximum Gasteiger partial charge on any atom is 0.306 e. The third-order valence-corrected chi connectivity index (χ3v) is 3.23. The molecule has 0 spiro atoms. The number of methoxy groups -OCH3 is 1. The van der Waals surface area contributed by atoms with Crippen molar-refractivity contribution in [2.75, 3.05) is 25.2 Å². The van der Waals surface area contributed by atoms with Crippen LogP contribution in [0.3, 0.4) is 0 Å². The zero-order valence-corrected chi connectivity index (χ0v) is 10.9. The summed E-state index contributed by atoms with van der Waals surface area (Å²) in [5.41, 5.74) is 1.39. The van der Waals surface area contributed by atoms with Crippen molar-refractivity contribution in [3.63, 3.8) is 0 Å². The van der Waals surface area contributed by atoms with Crippen molar-refractivity contribution >= 4 is 34.8 Å². The number of carbonyl (C=O) groups is 1. The summed E-state index contributed by atoms with van der Waals surface area (Å²) in [7, 11) is 3.13. The predicted octanol–water partition coefficient (Wildman–Crippen LogP) is 1.05. The van der Waals surface area contributed by atoms with Crippen LogP contribution in [0.4, 0.5) is 5.95 Å². The van der Waals surface area contributed by atoms with Crippen LogP contribution >= 0.6 is 11.8 Å². The van der Waals surface area contributed by atoms with Gasteiger partial charge in [0, 0.05) is 12.8 Å². The van der Waals surface area contributed by atoms with E-state index in [1.54, 1.807) is 13.4 Å². The first kappa shape index (κ1) is 12.6. The Balaban J connectivity index is 2.15. The second-order valence-electron chi connectivity index (χ2n) is 3.38. The lowest BCUT2D eigenvalue weighted by Gasteiger charge is -2.04. The first-order valence-electron chi connectivity index (χ1n) is 5.33. The molecule has 0 aliphatic rings. The monoisotopic (exact) mass is 267 g/mol. The Labute approximate surface area is 108 Å². The summed E-state index contributed by atoms with van der Waals surface area (Å²) in [6, 6.07) is 0. The average molecular weight is 267 g/mol. The van der Waals surface area contributed by atoms with E-state index in [4.69, 9.17) is 0 Å². The second kappa shape index (κ2) is 5.67. The van der Waals surface area contributed by atoms with Gasteiger partial charge in [0.15, 0.2) is 5.65 Å². The molecule has 2 aromatic rings. The van der Waals surface area contributed by atoms with Crippen molar-refractivity contribution in [3.8, 4) is 0 Å². The van der Waals surface area contributed by atoms with Gasteiger partial charge in [0.25, 0.3) is 0 Å². The number of carbonyl (C=O) groups excluding carboxylic acids is 1. The standard InChI is InChI=1S/C10H13N5O2S/c1-11-10-14-8-7(12-5-13-8)9(15-10)18-4-3-6(16)17-2/h5H,3-4H2,1-2H3,(H2,11,12,13,14,15). The van der Waals surface area contributed by atoms with Gasteiger partial charge < -0.3 is 15.0 Å². The van der Waals surface area contributed by atoms with E-state index in [1.807, 2.05) is 0 Å². The summed E-state index contributed by atoms with van der Waals surface area (Å²) < 4.78 is 4.59. The molecular formula is C10H13N5O2S. The molecule has 0 amide bonds. The summed E-state index contributed by atoms with van der Waals surface area (Å²) in [6.45, 7) is 0. The average Bonchev–Trinajstić information content (AvgIpc) is 2.86. The molecule has 18 heavy (non-hydrogen) atoms. The summed E-state index contributed by atoms with van der Waals surface area (Å²) in [6.07, 6.45) is 1.92. The Bertz CT molecular complexity index is 556. The molecule has 0 fully saturated rings. The molecule has 0 radical (unpaired) electrons. The smallest absolute Gasteiger partial charge is 0.306 e. The van der Waals surface area contributed by atoms with Crippen LogP contribution in [-0.4, -0.2) is 45.8 Å². The van der Waals surface area contributed by atoms with E-state index in [9.17, 15) is 4.79 Å². The number of fused-ring (bicyclic) bond motifs is 1. The van der Waals surface area contributed by atoms with E-state index in [0.29, 0.717) is 23.8 Å². The van der Waals surface area contributed by atoms with Gasteiger partial charge in [-0.25, -0.2) is 9.97 Å². The molecule has 7 nitrogen and oxygen atoms in total. The Morgan fingerprint density at radius 3 is 3.11 bits per heavy atom. The Kier molecular flexibility index (Phi) is 3.98. The third-order valence-electron chi connectivity index (χ3n) is 2.25. The number of imidazole rings is 1. The first-order chi connectivity index (χ1) is 8.74. The van der Waals surface area contributed by atoms with Crippen LogP contribution in [0, 0.1) is 0 Å². The molecule has 96 valence electrons. The van der Waals surface area contributed by atoms with Crippen molar-refractivity contribution in [3.05, 3.63) is 6.33 Å². The van der Waals surface area contributed by atoms with E-state index in [1.165, 1.54) is 18.9 Å². The minimum Gasteiger partial charge on any atom is -0.469 e. The topological polar surface area (TPSA) is 92.8 Å².